The van der Waals surface area contributed by atoms with Gasteiger partial charge in [-0.25, -0.2) is 0 Å². The molecular weight excluding hydrogens is 290 g/mol. The molecule has 1 aromatic rings. The third-order valence-corrected chi connectivity index (χ3v) is 4.56. The van der Waals surface area contributed by atoms with Crippen LogP contribution in [0.15, 0.2) is 24.3 Å². The normalized spacial score (nSPS) is 16.6. The summed E-state index contributed by atoms with van der Waals surface area (Å²) in [5.41, 5.74) is 6.16. The van der Waals surface area contributed by atoms with Gasteiger partial charge in [-0.3, -0.25) is 14.5 Å². The Balaban J connectivity index is 1.92. The predicted octanol–water partition coefficient (Wildman–Crippen LogP) is 2.77. The van der Waals surface area contributed by atoms with Crippen LogP contribution in [-0.2, 0) is 4.79 Å². The van der Waals surface area contributed by atoms with Gasteiger partial charge in [-0.15, -0.1) is 0 Å². The van der Waals surface area contributed by atoms with Crippen LogP contribution in [0.25, 0.3) is 0 Å². The standard InChI is InChI=1S/C18H27N3O2/c1-21(14-9-5-3-2-4-6-10-14)13-17(22)20-16-12-8-7-11-15(16)18(19)23/h7-8,11-12,14H,2-6,9-10,13H2,1H3,(H2,19,23)(H,20,22). The van der Waals surface area contributed by atoms with E-state index < -0.39 is 5.91 Å². The van der Waals surface area contributed by atoms with E-state index in [9.17, 15) is 9.59 Å². The van der Waals surface area contributed by atoms with E-state index in [1.54, 1.807) is 24.3 Å². The zero-order valence-electron chi connectivity index (χ0n) is 13.9. The minimum Gasteiger partial charge on any atom is -0.366 e. The van der Waals surface area contributed by atoms with Crippen LogP contribution in [0, 0.1) is 0 Å². The fourth-order valence-electron chi connectivity index (χ4n) is 3.23. The first-order valence-electron chi connectivity index (χ1n) is 8.47. The molecule has 0 spiro atoms. The molecule has 1 aliphatic carbocycles. The number of anilines is 1. The van der Waals surface area contributed by atoms with E-state index in [0.29, 0.717) is 23.8 Å². The monoisotopic (exact) mass is 317 g/mol. The molecule has 23 heavy (non-hydrogen) atoms. The van der Waals surface area contributed by atoms with Gasteiger partial charge in [-0.05, 0) is 32.0 Å². The minimum atomic E-state index is -0.533. The van der Waals surface area contributed by atoms with Crippen molar-refractivity contribution < 1.29 is 9.59 Å². The number of amides is 2. The number of benzene rings is 1. The molecule has 1 aliphatic rings. The van der Waals surface area contributed by atoms with Crippen LogP contribution in [0.2, 0.25) is 0 Å². The number of para-hydroxylation sites is 1. The van der Waals surface area contributed by atoms with Crippen LogP contribution < -0.4 is 11.1 Å². The summed E-state index contributed by atoms with van der Waals surface area (Å²) in [6.45, 7) is 0.331. The van der Waals surface area contributed by atoms with E-state index in [2.05, 4.69) is 10.2 Å². The highest BCUT2D eigenvalue weighted by Crippen LogP contribution is 2.21. The quantitative estimate of drug-likeness (QED) is 0.877. The molecule has 126 valence electrons. The van der Waals surface area contributed by atoms with Gasteiger partial charge in [0, 0.05) is 6.04 Å². The SMILES string of the molecule is CN(CC(=O)Nc1ccccc1C(N)=O)C1CCCCCCC1. The summed E-state index contributed by atoms with van der Waals surface area (Å²) in [5, 5.41) is 2.81. The average molecular weight is 317 g/mol. The van der Waals surface area contributed by atoms with Crippen molar-refractivity contribution in [1.29, 1.82) is 0 Å². The van der Waals surface area contributed by atoms with Crippen molar-refractivity contribution in [2.75, 3.05) is 18.9 Å². The third kappa shape index (κ3) is 5.36. The molecule has 0 saturated heterocycles. The van der Waals surface area contributed by atoms with Gasteiger partial charge < -0.3 is 11.1 Å². The lowest BCUT2D eigenvalue weighted by Gasteiger charge is -2.29. The Labute approximate surface area is 138 Å². The number of nitrogens with zero attached hydrogens (tertiary/aromatic N) is 1. The van der Waals surface area contributed by atoms with Gasteiger partial charge in [0.2, 0.25) is 5.91 Å². The number of primary amides is 1. The summed E-state index contributed by atoms with van der Waals surface area (Å²) in [6, 6.07) is 7.30. The van der Waals surface area contributed by atoms with E-state index in [1.807, 2.05) is 7.05 Å². The summed E-state index contributed by atoms with van der Waals surface area (Å²) in [5.74, 6) is -0.641. The van der Waals surface area contributed by atoms with Gasteiger partial charge in [0.05, 0.1) is 17.8 Å². The molecule has 5 heteroatoms. The van der Waals surface area contributed by atoms with E-state index in [0.717, 1.165) is 12.8 Å². The molecule has 0 radical (unpaired) electrons. The number of rotatable bonds is 5. The molecular formula is C18H27N3O2. The van der Waals surface area contributed by atoms with Crippen LogP contribution in [0.3, 0.4) is 0 Å². The van der Waals surface area contributed by atoms with Gasteiger partial charge in [-0.1, -0.05) is 44.2 Å². The molecule has 3 N–H and O–H groups in total. The summed E-state index contributed by atoms with van der Waals surface area (Å²) in [7, 11) is 2.01. The zero-order chi connectivity index (χ0) is 16.7. The van der Waals surface area contributed by atoms with Crippen LogP contribution in [0.4, 0.5) is 5.69 Å². The predicted molar refractivity (Wildman–Crippen MR) is 92.3 cm³/mol. The topological polar surface area (TPSA) is 75.4 Å². The Morgan fingerprint density at radius 3 is 2.39 bits per heavy atom. The highest BCUT2D eigenvalue weighted by atomic mass is 16.2. The molecule has 1 aromatic carbocycles. The Kier molecular flexibility index (Phi) is 6.59. The maximum atomic E-state index is 12.3. The second-order valence-electron chi connectivity index (χ2n) is 6.37. The third-order valence-electron chi connectivity index (χ3n) is 4.56. The van der Waals surface area contributed by atoms with E-state index >= 15 is 0 Å². The molecule has 0 unspecified atom stereocenters. The van der Waals surface area contributed by atoms with Crippen LogP contribution in [-0.4, -0.2) is 36.3 Å². The maximum Gasteiger partial charge on any atom is 0.250 e. The highest BCUT2D eigenvalue weighted by Gasteiger charge is 2.19. The van der Waals surface area contributed by atoms with E-state index in [-0.39, 0.29) is 5.91 Å². The summed E-state index contributed by atoms with van der Waals surface area (Å²) in [6.07, 6.45) is 8.71. The molecule has 0 atom stereocenters. The van der Waals surface area contributed by atoms with Gasteiger partial charge in [0.25, 0.3) is 5.91 Å². The van der Waals surface area contributed by atoms with Crippen LogP contribution >= 0.6 is 0 Å². The first kappa shape index (κ1) is 17.5. The van der Waals surface area contributed by atoms with Crippen molar-refractivity contribution in [2.24, 2.45) is 5.73 Å². The maximum absolute atomic E-state index is 12.3. The average Bonchev–Trinajstić information content (AvgIpc) is 2.46. The van der Waals surface area contributed by atoms with E-state index in [1.165, 1.54) is 32.1 Å². The largest absolute Gasteiger partial charge is 0.366 e. The van der Waals surface area contributed by atoms with Gasteiger partial charge in [-0.2, -0.15) is 0 Å². The van der Waals surface area contributed by atoms with Crippen molar-refractivity contribution in [3.63, 3.8) is 0 Å². The minimum absolute atomic E-state index is 0.108. The molecule has 1 saturated carbocycles. The first-order chi connectivity index (χ1) is 11.1. The summed E-state index contributed by atoms with van der Waals surface area (Å²) in [4.78, 5) is 25.8. The molecule has 2 rings (SSSR count). The number of hydrogen-bond donors (Lipinski definition) is 2. The molecule has 2 amide bonds. The Morgan fingerprint density at radius 1 is 1.13 bits per heavy atom. The lowest BCUT2D eigenvalue weighted by molar-refractivity contribution is -0.117. The molecule has 0 aromatic heterocycles. The first-order valence-corrected chi connectivity index (χ1v) is 8.47. The lowest BCUT2D eigenvalue weighted by atomic mass is 9.96. The second kappa shape index (κ2) is 8.67. The van der Waals surface area contributed by atoms with Crippen molar-refractivity contribution in [3.8, 4) is 0 Å². The van der Waals surface area contributed by atoms with Crippen molar-refractivity contribution >= 4 is 17.5 Å². The number of nitrogens with one attached hydrogen (secondary N) is 1. The lowest BCUT2D eigenvalue weighted by Crippen LogP contribution is -2.38. The van der Waals surface area contributed by atoms with Gasteiger partial charge in [0.1, 0.15) is 0 Å². The fraction of sp³-hybridized carbons (Fsp3) is 0.556. The Hall–Kier alpha value is -1.88. The highest BCUT2D eigenvalue weighted by molar-refractivity contribution is 6.03. The number of carbonyl (C=O) groups is 2. The van der Waals surface area contributed by atoms with Crippen molar-refractivity contribution in [3.05, 3.63) is 29.8 Å². The second-order valence-corrected chi connectivity index (χ2v) is 6.37. The molecule has 1 fully saturated rings. The smallest absolute Gasteiger partial charge is 0.250 e. The van der Waals surface area contributed by atoms with Crippen molar-refractivity contribution in [2.45, 2.75) is 51.0 Å². The molecule has 0 aliphatic heterocycles. The number of likely N-dealkylation sites (N-methyl/N-ethyl adjacent to an activating group) is 1. The van der Waals surface area contributed by atoms with Crippen molar-refractivity contribution in [1.82, 2.24) is 4.90 Å². The van der Waals surface area contributed by atoms with Gasteiger partial charge in [0.15, 0.2) is 0 Å². The zero-order valence-corrected chi connectivity index (χ0v) is 13.9. The number of hydrogen-bond acceptors (Lipinski definition) is 3. The Bertz CT molecular complexity index is 537. The molecule has 5 nitrogen and oxygen atoms in total. The van der Waals surface area contributed by atoms with Crippen LogP contribution in [0.5, 0.6) is 0 Å². The Morgan fingerprint density at radius 2 is 1.74 bits per heavy atom. The molecule has 0 heterocycles. The molecule has 0 bridgehead atoms. The summed E-state index contributed by atoms with van der Waals surface area (Å²) < 4.78 is 0. The van der Waals surface area contributed by atoms with Crippen LogP contribution in [0.1, 0.15) is 55.3 Å². The number of nitrogens with two attached hydrogens (primary N) is 1. The van der Waals surface area contributed by atoms with Gasteiger partial charge >= 0.3 is 0 Å². The summed E-state index contributed by atoms with van der Waals surface area (Å²) >= 11 is 0. The van der Waals surface area contributed by atoms with E-state index in [4.69, 9.17) is 5.73 Å². The fourth-order valence-corrected chi connectivity index (χ4v) is 3.23. The number of carbonyl (C=O) groups excluding carboxylic acids is 2.